The molecule has 2 aromatic rings. The molecule has 164 valence electrons. The molecule has 2 N–H and O–H groups in total. The molecule has 0 aliphatic carbocycles. The number of carbonyl (C=O) groups is 3. The van der Waals surface area contributed by atoms with E-state index in [1.807, 2.05) is 17.0 Å². The van der Waals surface area contributed by atoms with Crippen molar-refractivity contribution < 1.29 is 19.1 Å². The highest BCUT2D eigenvalue weighted by molar-refractivity contribution is 6.30. The molecule has 2 aromatic carbocycles. The SMILES string of the molecule is COC(=O)CCC(=O)Nc1cc(C(=O)N2CCCCC2)ccc1Nc1cccc(Cl)c1. The fourth-order valence-corrected chi connectivity index (χ4v) is 3.61. The van der Waals surface area contributed by atoms with Gasteiger partial charge < -0.3 is 20.3 Å². The number of halogens is 1. The molecule has 0 bridgehead atoms. The lowest BCUT2D eigenvalue weighted by atomic mass is 10.1. The number of piperidine rings is 1. The Hall–Kier alpha value is -3.06. The van der Waals surface area contributed by atoms with Crippen LogP contribution in [0, 0.1) is 0 Å². The smallest absolute Gasteiger partial charge is 0.306 e. The second-order valence-electron chi connectivity index (χ2n) is 7.37. The number of anilines is 3. The first kappa shape index (κ1) is 22.6. The maximum Gasteiger partial charge on any atom is 0.306 e. The van der Waals surface area contributed by atoms with Crippen molar-refractivity contribution in [2.24, 2.45) is 0 Å². The number of esters is 1. The quantitative estimate of drug-likeness (QED) is 0.610. The molecule has 1 fully saturated rings. The molecule has 1 aliphatic rings. The summed E-state index contributed by atoms with van der Waals surface area (Å²) < 4.78 is 4.59. The lowest BCUT2D eigenvalue weighted by Crippen LogP contribution is -2.35. The third-order valence-corrected chi connectivity index (χ3v) is 5.31. The molecule has 0 unspecified atom stereocenters. The molecular formula is C23H26ClN3O4. The zero-order valence-electron chi connectivity index (χ0n) is 17.4. The molecule has 0 saturated carbocycles. The lowest BCUT2D eigenvalue weighted by molar-refractivity contribution is -0.141. The number of rotatable bonds is 7. The number of amides is 2. The minimum atomic E-state index is -0.457. The van der Waals surface area contributed by atoms with Gasteiger partial charge in [-0.05, 0) is 55.7 Å². The number of carbonyl (C=O) groups excluding carboxylic acids is 3. The summed E-state index contributed by atoms with van der Waals surface area (Å²) in [6.45, 7) is 1.48. The molecule has 1 aliphatic heterocycles. The Balaban J connectivity index is 1.83. The fourth-order valence-electron chi connectivity index (χ4n) is 3.42. The topological polar surface area (TPSA) is 87.7 Å². The molecule has 8 heteroatoms. The molecule has 3 rings (SSSR count). The van der Waals surface area contributed by atoms with Crippen LogP contribution < -0.4 is 10.6 Å². The van der Waals surface area contributed by atoms with E-state index in [1.54, 1.807) is 30.3 Å². The van der Waals surface area contributed by atoms with E-state index in [1.165, 1.54) is 7.11 Å². The van der Waals surface area contributed by atoms with Gasteiger partial charge in [0, 0.05) is 35.8 Å². The van der Waals surface area contributed by atoms with Gasteiger partial charge >= 0.3 is 5.97 Å². The van der Waals surface area contributed by atoms with Gasteiger partial charge in [0.15, 0.2) is 0 Å². The molecule has 2 amide bonds. The molecule has 0 radical (unpaired) electrons. The van der Waals surface area contributed by atoms with Crippen LogP contribution >= 0.6 is 11.6 Å². The summed E-state index contributed by atoms with van der Waals surface area (Å²) >= 11 is 6.07. The maximum absolute atomic E-state index is 12.9. The van der Waals surface area contributed by atoms with E-state index in [4.69, 9.17) is 11.6 Å². The summed E-state index contributed by atoms with van der Waals surface area (Å²) in [5.41, 5.74) is 2.32. The van der Waals surface area contributed by atoms with Gasteiger partial charge in [-0.3, -0.25) is 14.4 Å². The number of likely N-dealkylation sites (tertiary alicyclic amines) is 1. The van der Waals surface area contributed by atoms with E-state index < -0.39 is 5.97 Å². The van der Waals surface area contributed by atoms with E-state index in [0.29, 0.717) is 22.0 Å². The van der Waals surface area contributed by atoms with Gasteiger partial charge in [-0.15, -0.1) is 0 Å². The first-order chi connectivity index (χ1) is 15.0. The van der Waals surface area contributed by atoms with E-state index in [-0.39, 0.29) is 24.7 Å². The number of nitrogens with one attached hydrogen (secondary N) is 2. The van der Waals surface area contributed by atoms with Crippen LogP contribution in [0.4, 0.5) is 17.1 Å². The molecule has 1 saturated heterocycles. The monoisotopic (exact) mass is 443 g/mol. The van der Waals surface area contributed by atoms with Crippen LogP contribution in [0.5, 0.6) is 0 Å². The van der Waals surface area contributed by atoms with Crippen LogP contribution in [0.15, 0.2) is 42.5 Å². The maximum atomic E-state index is 12.9. The Morgan fingerprint density at radius 2 is 1.77 bits per heavy atom. The summed E-state index contributed by atoms with van der Waals surface area (Å²) in [6.07, 6.45) is 3.08. The predicted molar refractivity (Wildman–Crippen MR) is 121 cm³/mol. The van der Waals surface area contributed by atoms with Crippen molar-refractivity contribution in [1.82, 2.24) is 4.90 Å². The molecule has 0 aromatic heterocycles. The summed E-state index contributed by atoms with van der Waals surface area (Å²) in [7, 11) is 1.28. The van der Waals surface area contributed by atoms with E-state index in [0.717, 1.165) is 38.0 Å². The van der Waals surface area contributed by atoms with E-state index in [9.17, 15) is 14.4 Å². The minimum absolute atomic E-state index is 0.0203. The second kappa shape index (κ2) is 10.8. The number of ether oxygens (including phenoxy) is 1. The highest BCUT2D eigenvalue weighted by atomic mass is 35.5. The van der Waals surface area contributed by atoms with Gasteiger partial charge in [-0.2, -0.15) is 0 Å². The van der Waals surface area contributed by atoms with Gasteiger partial charge in [0.1, 0.15) is 0 Å². The number of hydrogen-bond donors (Lipinski definition) is 2. The van der Waals surface area contributed by atoms with Gasteiger partial charge in [-0.25, -0.2) is 0 Å². The fraction of sp³-hybridized carbons (Fsp3) is 0.348. The molecule has 0 atom stereocenters. The van der Waals surface area contributed by atoms with Gasteiger partial charge in [0.2, 0.25) is 5.91 Å². The third kappa shape index (κ3) is 6.46. The molecule has 1 heterocycles. The largest absolute Gasteiger partial charge is 0.469 e. The van der Waals surface area contributed by atoms with Crippen LogP contribution in [-0.2, 0) is 14.3 Å². The van der Waals surface area contributed by atoms with E-state index >= 15 is 0 Å². The van der Waals surface area contributed by atoms with Crippen molar-refractivity contribution in [3.63, 3.8) is 0 Å². The van der Waals surface area contributed by atoms with Crippen LogP contribution in [0.2, 0.25) is 5.02 Å². The van der Waals surface area contributed by atoms with Crippen molar-refractivity contribution in [1.29, 1.82) is 0 Å². The average molecular weight is 444 g/mol. The van der Waals surface area contributed by atoms with E-state index in [2.05, 4.69) is 15.4 Å². The molecule has 7 nitrogen and oxygen atoms in total. The first-order valence-electron chi connectivity index (χ1n) is 10.3. The van der Waals surface area contributed by atoms with Crippen molar-refractivity contribution >= 4 is 46.4 Å². The zero-order chi connectivity index (χ0) is 22.2. The van der Waals surface area contributed by atoms with Crippen molar-refractivity contribution in [3.05, 3.63) is 53.1 Å². The third-order valence-electron chi connectivity index (χ3n) is 5.07. The van der Waals surface area contributed by atoms with Gasteiger partial charge in [0.25, 0.3) is 5.91 Å². The summed E-state index contributed by atoms with van der Waals surface area (Å²) in [5, 5.41) is 6.61. The Morgan fingerprint density at radius 3 is 2.48 bits per heavy atom. The van der Waals surface area contributed by atoms with Crippen molar-refractivity contribution in [2.75, 3.05) is 30.8 Å². The minimum Gasteiger partial charge on any atom is -0.469 e. The van der Waals surface area contributed by atoms with Crippen molar-refractivity contribution in [3.8, 4) is 0 Å². The number of methoxy groups -OCH3 is 1. The average Bonchev–Trinajstić information content (AvgIpc) is 2.78. The standard InChI is InChI=1S/C23H26ClN3O4/c1-31-22(29)11-10-21(28)26-20-14-16(23(30)27-12-3-2-4-13-27)8-9-19(20)25-18-7-5-6-17(24)15-18/h5-9,14-15,25H,2-4,10-13H2,1H3,(H,26,28). The Labute approximate surface area is 186 Å². The second-order valence-corrected chi connectivity index (χ2v) is 7.81. The van der Waals surface area contributed by atoms with Gasteiger partial charge in [0.05, 0.1) is 24.9 Å². The van der Waals surface area contributed by atoms with Crippen LogP contribution in [0.1, 0.15) is 42.5 Å². The highest BCUT2D eigenvalue weighted by Crippen LogP contribution is 2.29. The molecular weight excluding hydrogens is 418 g/mol. The van der Waals surface area contributed by atoms with Crippen molar-refractivity contribution in [2.45, 2.75) is 32.1 Å². The normalized spacial score (nSPS) is 13.4. The lowest BCUT2D eigenvalue weighted by Gasteiger charge is -2.27. The summed E-state index contributed by atoms with van der Waals surface area (Å²) in [5.74, 6) is -0.859. The Bertz CT molecular complexity index is 958. The Morgan fingerprint density at radius 1 is 1.00 bits per heavy atom. The van der Waals surface area contributed by atoms with Crippen LogP contribution in [0.25, 0.3) is 0 Å². The molecule has 0 spiro atoms. The summed E-state index contributed by atoms with van der Waals surface area (Å²) in [6, 6.07) is 12.4. The zero-order valence-corrected chi connectivity index (χ0v) is 18.2. The Kier molecular flexibility index (Phi) is 7.89. The highest BCUT2D eigenvalue weighted by Gasteiger charge is 2.20. The van der Waals surface area contributed by atoms with Crippen LogP contribution in [-0.4, -0.2) is 42.9 Å². The predicted octanol–water partition coefficient (Wildman–Crippen LogP) is 4.60. The first-order valence-corrected chi connectivity index (χ1v) is 10.7. The summed E-state index contributed by atoms with van der Waals surface area (Å²) in [4.78, 5) is 38.5. The number of hydrogen-bond acceptors (Lipinski definition) is 5. The molecule has 31 heavy (non-hydrogen) atoms. The number of benzene rings is 2. The number of nitrogens with zero attached hydrogens (tertiary/aromatic N) is 1. The van der Waals surface area contributed by atoms with Gasteiger partial charge in [-0.1, -0.05) is 17.7 Å². The van der Waals surface area contributed by atoms with Crippen LogP contribution in [0.3, 0.4) is 0 Å².